The molecule has 2 aromatic rings. The highest BCUT2D eigenvalue weighted by Gasteiger charge is 2.23. The fourth-order valence-electron chi connectivity index (χ4n) is 2.90. The Kier molecular flexibility index (Phi) is 7.86. The van der Waals surface area contributed by atoms with Crippen LogP contribution in [0.25, 0.3) is 0 Å². The first-order chi connectivity index (χ1) is 14.0. The average Bonchev–Trinajstić information content (AvgIpc) is 2.65. The summed E-state index contributed by atoms with van der Waals surface area (Å²) in [4.78, 5) is 26.0. The summed E-state index contributed by atoms with van der Waals surface area (Å²) in [5.74, 6) is -0.541. The Balaban J connectivity index is 2.19. The highest BCUT2D eigenvalue weighted by molar-refractivity contribution is 5.91. The van der Waals surface area contributed by atoms with E-state index in [1.807, 2.05) is 65.0 Å². The molecule has 2 aromatic carbocycles. The van der Waals surface area contributed by atoms with Crippen molar-refractivity contribution in [1.82, 2.24) is 4.90 Å². The van der Waals surface area contributed by atoms with Crippen LogP contribution < -0.4 is 4.74 Å². The SMILES string of the molecule is CC(C)CN(Cc1ccc(OCc2ccccc2)c(C(=O)O)c1)C(=O)OC(C)(C)C. The van der Waals surface area contributed by atoms with Gasteiger partial charge in [0.25, 0.3) is 0 Å². The summed E-state index contributed by atoms with van der Waals surface area (Å²) in [5, 5.41) is 9.64. The Labute approximate surface area is 178 Å². The second-order valence-corrected chi connectivity index (χ2v) is 8.66. The fourth-order valence-corrected chi connectivity index (χ4v) is 2.90. The van der Waals surface area contributed by atoms with Gasteiger partial charge in [-0.1, -0.05) is 50.2 Å². The number of hydrogen-bond donors (Lipinski definition) is 1. The maximum atomic E-state index is 12.6. The van der Waals surface area contributed by atoms with Crippen LogP contribution >= 0.6 is 0 Å². The molecule has 2 rings (SSSR count). The van der Waals surface area contributed by atoms with Gasteiger partial charge in [-0.15, -0.1) is 0 Å². The largest absolute Gasteiger partial charge is 0.488 e. The number of carboxylic acid groups (broad SMARTS) is 1. The van der Waals surface area contributed by atoms with E-state index in [1.54, 1.807) is 23.1 Å². The highest BCUT2D eigenvalue weighted by atomic mass is 16.6. The van der Waals surface area contributed by atoms with Crippen molar-refractivity contribution in [3.05, 3.63) is 65.2 Å². The zero-order valence-corrected chi connectivity index (χ0v) is 18.3. The minimum Gasteiger partial charge on any atom is -0.488 e. The molecule has 6 nitrogen and oxygen atoms in total. The number of benzene rings is 2. The van der Waals surface area contributed by atoms with Crippen LogP contribution in [0.3, 0.4) is 0 Å². The van der Waals surface area contributed by atoms with Gasteiger partial charge in [0.1, 0.15) is 23.5 Å². The van der Waals surface area contributed by atoms with Gasteiger partial charge in [-0.3, -0.25) is 0 Å². The first-order valence-corrected chi connectivity index (χ1v) is 10.1. The number of nitrogens with zero attached hydrogens (tertiary/aromatic N) is 1. The van der Waals surface area contributed by atoms with Gasteiger partial charge in [-0.25, -0.2) is 9.59 Å². The summed E-state index contributed by atoms with van der Waals surface area (Å²) in [7, 11) is 0. The van der Waals surface area contributed by atoms with E-state index in [4.69, 9.17) is 9.47 Å². The number of rotatable bonds is 8. The van der Waals surface area contributed by atoms with Gasteiger partial charge in [0.2, 0.25) is 0 Å². The molecule has 0 atom stereocenters. The summed E-state index contributed by atoms with van der Waals surface area (Å²) in [6.07, 6.45) is -0.419. The first kappa shape index (κ1) is 23.3. The minimum absolute atomic E-state index is 0.0668. The normalized spacial score (nSPS) is 11.3. The summed E-state index contributed by atoms with van der Waals surface area (Å²) in [6, 6.07) is 14.5. The van der Waals surface area contributed by atoms with Gasteiger partial charge < -0.3 is 19.5 Å². The number of carboxylic acids is 1. The van der Waals surface area contributed by atoms with Crippen molar-refractivity contribution in [2.75, 3.05) is 6.54 Å². The number of hydrogen-bond acceptors (Lipinski definition) is 4. The lowest BCUT2D eigenvalue weighted by molar-refractivity contribution is 0.0211. The van der Waals surface area contributed by atoms with Crippen LogP contribution in [0.4, 0.5) is 4.79 Å². The molecule has 1 N–H and O–H groups in total. The molecule has 0 aliphatic rings. The summed E-state index contributed by atoms with van der Waals surface area (Å²) >= 11 is 0. The molecular formula is C24H31NO5. The van der Waals surface area contributed by atoms with Crippen LogP contribution in [0, 0.1) is 5.92 Å². The number of ether oxygens (including phenoxy) is 2. The van der Waals surface area contributed by atoms with Gasteiger partial charge >= 0.3 is 12.1 Å². The van der Waals surface area contributed by atoms with Crippen molar-refractivity contribution < 1.29 is 24.2 Å². The molecule has 0 fully saturated rings. The molecule has 0 aliphatic carbocycles. The van der Waals surface area contributed by atoms with Crippen LogP contribution in [0.2, 0.25) is 0 Å². The maximum Gasteiger partial charge on any atom is 0.410 e. The molecule has 162 valence electrons. The molecule has 0 unspecified atom stereocenters. The van der Waals surface area contributed by atoms with E-state index in [0.717, 1.165) is 5.56 Å². The second kappa shape index (κ2) is 10.1. The Bertz CT molecular complexity index is 856. The number of amides is 1. The third-order valence-electron chi connectivity index (χ3n) is 4.12. The predicted octanol–water partition coefficient (Wildman–Crippen LogP) is 5.36. The fraction of sp³-hybridized carbons (Fsp3) is 0.417. The highest BCUT2D eigenvalue weighted by Crippen LogP contribution is 2.23. The van der Waals surface area contributed by atoms with E-state index >= 15 is 0 Å². The molecule has 0 radical (unpaired) electrons. The molecular weight excluding hydrogens is 382 g/mol. The Morgan fingerprint density at radius 1 is 1.03 bits per heavy atom. The third-order valence-corrected chi connectivity index (χ3v) is 4.12. The van der Waals surface area contributed by atoms with Gasteiger partial charge in [-0.05, 0) is 49.9 Å². The molecule has 0 saturated heterocycles. The molecule has 0 aliphatic heterocycles. The molecule has 0 spiro atoms. The van der Waals surface area contributed by atoms with E-state index < -0.39 is 17.7 Å². The number of carbonyl (C=O) groups excluding carboxylic acids is 1. The van der Waals surface area contributed by atoms with Gasteiger partial charge in [-0.2, -0.15) is 0 Å². The lowest BCUT2D eigenvalue weighted by Crippen LogP contribution is -2.38. The molecule has 0 heterocycles. The Morgan fingerprint density at radius 2 is 1.70 bits per heavy atom. The lowest BCUT2D eigenvalue weighted by atomic mass is 10.1. The maximum absolute atomic E-state index is 12.6. The van der Waals surface area contributed by atoms with Crippen LogP contribution in [-0.2, 0) is 17.9 Å². The monoisotopic (exact) mass is 413 g/mol. The van der Waals surface area contributed by atoms with Crippen molar-refractivity contribution in [1.29, 1.82) is 0 Å². The first-order valence-electron chi connectivity index (χ1n) is 10.1. The van der Waals surface area contributed by atoms with Crippen molar-refractivity contribution in [2.45, 2.75) is 53.4 Å². The third kappa shape index (κ3) is 7.43. The van der Waals surface area contributed by atoms with Gasteiger partial charge in [0.05, 0.1) is 0 Å². The van der Waals surface area contributed by atoms with Gasteiger partial charge in [0, 0.05) is 13.1 Å². The van der Waals surface area contributed by atoms with Crippen molar-refractivity contribution in [3.8, 4) is 5.75 Å². The van der Waals surface area contributed by atoms with Gasteiger partial charge in [0.15, 0.2) is 0 Å². The quantitative estimate of drug-likeness (QED) is 0.631. The van der Waals surface area contributed by atoms with Crippen LogP contribution in [0.15, 0.2) is 48.5 Å². The van der Waals surface area contributed by atoms with E-state index in [9.17, 15) is 14.7 Å². The lowest BCUT2D eigenvalue weighted by Gasteiger charge is -2.28. The van der Waals surface area contributed by atoms with Crippen molar-refractivity contribution >= 4 is 12.1 Å². The standard InChI is InChI=1S/C24H31NO5/c1-17(2)14-25(23(28)30-24(3,4)5)15-19-11-12-21(20(13-19)22(26)27)29-16-18-9-7-6-8-10-18/h6-13,17H,14-16H2,1-5H3,(H,26,27). The zero-order chi connectivity index (χ0) is 22.3. The van der Waals surface area contributed by atoms with Crippen molar-refractivity contribution in [2.24, 2.45) is 5.92 Å². The average molecular weight is 414 g/mol. The molecule has 0 bridgehead atoms. The summed E-state index contributed by atoms with van der Waals surface area (Å²) in [6.45, 7) is 10.5. The molecule has 0 aromatic heterocycles. The number of carbonyl (C=O) groups is 2. The Hall–Kier alpha value is -3.02. The zero-order valence-electron chi connectivity index (χ0n) is 18.3. The van der Waals surface area contributed by atoms with Crippen molar-refractivity contribution in [3.63, 3.8) is 0 Å². The van der Waals surface area contributed by atoms with E-state index in [-0.39, 0.29) is 24.6 Å². The minimum atomic E-state index is -1.08. The molecule has 6 heteroatoms. The molecule has 1 amide bonds. The van der Waals surface area contributed by atoms with Crippen LogP contribution in [0.5, 0.6) is 5.75 Å². The molecule has 0 saturated carbocycles. The van der Waals surface area contributed by atoms with E-state index in [2.05, 4.69) is 0 Å². The van der Waals surface area contributed by atoms with Crippen LogP contribution in [0.1, 0.15) is 56.1 Å². The van der Waals surface area contributed by atoms with Crippen LogP contribution in [-0.4, -0.2) is 34.2 Å². The molecule has 30 heavy (non-hydrogen) atoms. The topological polar surface area (TPSA) is 76.1 Å². The number of aromatic carboxylic acids is 1. The smallest absolute Gasteiger partial charge is 0.410 e. The van der Waals surface area contributed by atoms with E-state index in [1.165, 1.54) is 0 Å². The summed E-state index contributed by atoms with van der Waals surface area (Å²) in [5.41, 5.74) is 1.11. The predicted molar refractivity (Wildman–Crippen MR) is 116 cm³/mol. The second-order valence-electron chi connectivity index (χ2n) is 8.66. The Morgan fingerprint density at radius 3 is 2.27 bits per heavy atom. The van der Waals surface area contributed by atoms with E-state index in [0.29, 0.717) is 17.9 Å². The summed E-state index contributed by atoms with van der Waals surface area (Å²) < 4.78 is 11.2.